The average molecular weight is 277 g/mol. The first-order valence-electron chi connectivity index (χ1n) is 7.59. The second kappa shape index (κ2) is 5.05. The molecule has 3 aromatic rings. The van der Waals surface area contributed by atoms with Crippen molar-refractivity contribution in [2.24, 2.45) is 5.92 Å². The van der Waals surface area contributed by atoms with E-state index >= 15 is 0 Å². The van der Waals surface area contributed by atoms with Crippen LogP contribution in [0.3, 0.4) is 0 Å². The smallest absolute Gasteiger partial charge is 0.135 e. The highest BCUT2D eigenvalue weighted by Gasteiger charge is 2.39. The lowest BCUT2D eigenvalue weighted by molar-refractivity contribution is 0.629. The number of rotatable bonds is 4. The summed E-state index contributed by atoms with van der Waals surface area (Å²) in [7, 11) is 2.03. The molecule has 0 aliphatic heterocycles. The summed E-state index contributed by atoms with van der Waals surface area (Å²) >= 11 is 0. The van der Waals surface area contributed by atoms with Crippen molar-refractivity contribution < 1.29 is 4.42 Å². The van der Waals surface area contributed by atoms with E-state index in [0.717, 1.165) is 23.8 Å². The third kappa shape index (κ3) is 2.26. The maximum absolute atomic E-state index is 6.05. The van der Waals surface area contributed by atoms with E-state index < -0.39 is 0 Å². The second-order valence-electron chi connectivity index (χ2n) is 5.90. The molecule has 2 atom stereocenters. The van der Waals surface area contributed by atoms with Crippen LogP contribution in [0.2, 0.25) is 0 Å². The first kappa shape index (κ1) is 12.7. The average Bonchev–Trinajstić information content (AvgIpc) is 3.15. The van der Waals surface area contributed by atoms with E-state index in [1.54, 1.807) is 0 Å². The molecule has 2 aromatic carbocycles. The van der Waals surface area contributed by atoms with Crippen molar-refractivity contribution in [3.05, 3.63) is 60.2 Å². The van der Waals surface area contributed by atoms with Gasteiger partial charge in [-0.3, -0.25) is 0 Å². The van der Waals surface area contributed by atoms with Crippen LogP contribution in [0.4, 0.5) is 0 Å². The molecule has 0 radical (unpaired) electrons. The van der Waals surface area contributed by atoms with Crippen LogP contribution in [-0.2, 0) is 0 Å². The molecule has 1 aliphatic carbocycles. The van der Waals surface area contributed by atoms with Crippen molar-refractivity contribution in [1.82, 2.24) is 5.32 Å². The number of fused-ring (bicyclic) bond motifs is 1. The zero-order valence-corrected chi connectivity index (χ0v) is 12.2. The van der Waals surface area contributed by atoms with Gasteiger partial charge in [0, 0.05) is 10.9 Å². The van der Waals surface area contributed by atoms with E-state index in [1.807, 2.05) is 19.2 Å². The Morgan fingerprint density at radius 1 is 1.10 bits per heavy atom. The van der Waals surface area contributed by atoms with E-state index in [9.17, 15) is 0 Å². The van der Waals surface area contributed by atoms with Crippen LogP contribution >= 0.6 is 0 Å². The van der Waals surface area contributed by atoms with Gasteiger partial charge in [-0.25, -0.2) is 0 Å². The van der Waals surface area contributed by atoms with Gasteiger partial charge in [0.25, 0.3) is 0 Å². The van der Waals surface area contributed by atoms with Crippen molar-refractivity contribution in [1.29, 1.82) is 0 Å². The van der Waals surface area contributed by atoms with Gasteiger partial charge in [-0.15, -0.1) is 0 Å². The summed E-state index contributed by atoms with van der Waals surface area (Å²) in [6, 6.07) is 19.0. The Labute approximate surface area is 124 Å². The van der Waals surface area contributed by atoms with Gasteiger partial charge in [0.15, 0.2) is 0 Å². The summed E-state index contributed by atoms with van der Waals surface area (Å²) in [6.07, 6.45) is 1.28. The van der Waals surface area contributed by atoms with Gasteiger partial charge >= 0.3 is 0 Å². The largest absolute Gasteiger partial charge is 0.456 e. The molecule has 0 spiro atoms. The van der Waals surface area contributed by atoms with E-state index in [0.29, 0.717) is 5.92 Å². The molecule has 1 saturated carbocycles. The van der Waals surface area contributed by atoms with Crippen molar-refractivity contribution in [2.75, 3.05) is 13.6 Å². The third-order valence-electron chi connectivity index (χ3n) is 4.44. The Morgan fingerprint density at radius 2 is 1.90 bits per heavy atom. The lowest BCUT2D eigenvalue weighted by Gasteiger charge is -2.07. The lowest BCUT2D eigenvalue weighted by atomic mass is 10.00. The monoisotopic (exact) mass is 277 g/mol. The Hall–Kier alpha value is -2.06. The number of hydrogen-bond donors (Lipinski definition) is 1. The fourth-order valence-corrected chi connectivity index (χ4v) is 3.28. The fourth-order valence-electron chi connectivity index (χ4n) is 3.28. The summed E-state index contributed by atoms with van der Waals surface area (Å²) in [5.74, 6) is 2.42. The van der Waals surface area contributed by atoms with Crippen LogP contribution in [0, 0.1) is 5.92 Å². The van der Waals surface area contributed by atoms with Crippen LogP contribution in [0.15, 0.2) is 59.0 Å². The SMILES string of the molecule is CNCC1CC1c1ccccc1-c1cc2ccccc2o1. The predicted molar refractivity (Wildman–Crippen MR) is 86.4 cm³/mol. The Kier molecular flexibility index (Phi) is 3.04. The van der Waals surface area contributed by atoms with Gasteiger partial charge < -0.3 is 9.73 Å². The summed E-state index contributed by atoms with van der Waals surface area (Å²) in [5.41, 5.74) is 3.64. The normalized spacial score (nSPS) is 20.8. The lowest BCUT2D eigenvalue weighted by Crippen LogP contribution is -2.10. The number of benzene rings is 2. The van der Waals surface area contributed by atoms with Crippen LogP contribution in [-0.4, -0.2) is 13.6 Å². The third-order valence-corrected chi connectivity index (χ3v) is 4.44. The second-order valence-corrected chi connectivity index (χ2v) is 5.90. The quantitative estimate of drug-likeness (QED) is 0.763. The zero-order chi connectivity index (χ0) is 14.2. The summed E-state index contributed by atoms with van der Waals surface area (Å²) < 4.78 is 6.05. The zero-order valence-electron chi connectivity index (χ0n) is 12.2. The Balaban J connectivity index is 1.75. The molecule has 1 N–H and O–H groups in total. The topological polar surface area (TPSA) is 25.2 Å². The van der Waals surface area contributed by atoms with Crippen LogP contribution in [0.5, 0.6) is 0 Å². The molecule has 1 heterocycles. The summed E-state index contributed by atoms with van der Waals surface area (Å²) in [6.45, 7) is 1.10. The molecule has 0 amide bonds. The number of nitrogens with one attached hydrogen (secondary N) is 1. The molecule has 4 rings (SSSR count). The van der Waals surface area contributed by atoms with Crippen LogP contribution in [0.1, 0.15) is 17.9 Å². The molecule has 1 aromatic heterocycles. The van der Waals surface area contributed by atoms with Crippen molar-refractivity contribution in [3.63, 3.8) is 0 Å². The highest BCUT2D eigenvalue weighted by molar-refractivity contribution is 5.83. The fraction of sp³-hybridized carbons (Fsp3) is 0.263. The maximum atomic E-state index is 6.05. The molecule has 2 heteroatoms. The molecule has 1 fully saturated rings. The van der Waals surface area contributed by atoms with Gasteiger partial charge in [0.1, 0.15) is 11.3 Å². The number of hydrogen-bond acceptors (Lipinski definition) is 2. The van der Waals surface area contributed by atoms with E-state index in [1.165, 1.54) is 22.9 Å². The molecule has 0 bridgehead atoms. The van der Waals surface area contributed by atoms with Crippen LogP contribution in [0.25, 0.3) is 22.3 Å². The van der Waals surface area contributed by atoms with Gasteiger partial charge in [-0.1, -0.05) is 42.5 Å². The van der Waals surface area contributed by atoms with Crippen molar-refractivity contribution in [2.45, 2.75) is 12.3 Å². The minimum atomic E-state index is 0.668. The van der Waals surface area contributed by atoms with E-state index in [2.05, 4.69) is 47.8 Å². The maximum Gasteiger partial charge on any atom is 0.135 e. The van der Waals surface area contributed by atoms with Gasteiger partial charge in [-0.2, -0.15) is 0 Å². The highest BCUT2D eigenvalue weighted by Crippen LogP contribution is 2.50. The molecule has 106 valence electrons. The first-order chi connectivity index (χ1) is 10.4. The molecular weight excluding hydrogens is 258 g/mol. The summed E-state index contributed by atoms with van der Waals surface area (Å²) in [4.78, 5) is 0. The minimum absolute atomic E-state index is 0.668. The van der Waals surface area contributed by atoms with Crippen molar-refractivity contribution in [3.8, 4) is 11.3 Å². The minimum Gasteiger partial charge on any atom is -0.456 e. The van der Waals surface area contributed by atoms with Gasteiger partial charge in [-0.05, 0) is 49.5 Å². The van der Waals surface area contributed by atoms with Crippen LogP contribution < -0.4 is 5.32 Å². The van der Waals surface area contributed by atoms with E-state index in [-0.39, 0.29) is 0 Å². The summed E-state index contributed by atoms with van der Waals surface area (Å²) in [5, 5.41) is 4.46. The highest BCUT2D eigenvalue weighted by atomic mass is 16.3. The van der Waals surface area contributed by atoms with Gasteiger partial charge in [0.05, 0.1) is 0 Å². The molecular formula is C19H19NO. The Bertz CT molecular complexity index is 741. The molecule has 21 heavy (non-hydrogen) atoms. The first-order valence-corrected chi connectivity index (χ1v) is 7.59. The Morgan fingerprint density at radius 3 is 2.76 bits per heavy atom. The van der Waals surface area contributed by atoms with Crippen molar-refractivity contribution >= 4 is 11.0 Å². The number of furan rings is 1. The standard InChI is InChI=1S/C19H19NO/c1-20-12-14-10-17(14)15-7-3-4-8-16(15)19-11-13-6-2-5-9-18(13)21-19/h2-9,11,14,17,20H,10,12H2,1H3. The van der Waals surface area contributed by atoms with Gasteiger partial charge in [0.2, 0.25) is 0 Å². The molecule has 2 nitrogen and oxygen atoms in total. The van der Waals surface area contributed by atoms with E-state index in [4.69, 9.17) is 4.42 Å². The molecule has 0 saturated heterocycles. The predicted octanol–water partition coefficient (Wildman–Crippen LogP) is 4.42. The number of para-hydroxylation sites is 1. The molecule has 1 aliphatic rings. The molecule has 2 unspecified atom stereocenters.